The first-order chi connectivity index (χ1) is 7.66. The highest BCUT2D eigenvalue weighted by atomic mass is 15.1. The Hall–Kier alpha value is -0.730. The van der Waals surface area contributed by atoms with Gasteiger partial charge in [0.05, 0.1) is 0 Å². The fraction of sp³-hybridized carbons (Fsp3) is 0.923. The van der Waals surface area contributed by atoms with Crippen LogP contribution in [0.25, 0.3) is 0 Å². The van der Waals surface area contributed by atoms with Crippen LogP contribution in [-0.4, -0.2) is 19.0 Å². The maximum Gasteiger partial charge on any atom is 0.188 e. The van der Waals surface area contributed by atoms with E-state index in [2.05, 4.69) is 31.1 Å². The van der Waals surface area contributed by atoms with Crippen LogP contribution in [0.1, 0.15) is 59.3 Å². The lowest BCUT2D eigenvalue weighted by Gasteiger charge is -2.05. The van der Waals surface area contributed by atoms with Crippen LogP contribution in [0.2, 0.25) is 0 Å². The second-order valence-corrected chi connectivity index (χ2v) is 4.79. The first-order valence-electron chi connectivity index (χ1n) is 6.70. The van der Waals surface area contributed by atoms with Crippen LogP contribution < -0.4 is 11.1 Å². The molecular weight excluding hydrogens is 198 g/mol. The first-order valence-corrected chi connectivity index (χ1v) is 6.70. The zero-order chi connectivity index (χ0) is 12.2. The van der Waals surface area contributed by atoms with Gasteiger partial charge in [-0.3, -0.25) is 4.99 Å². The van der Waals surface area contributed by atoms with Crippen molar-refractivity contribution in [1.82, 2.24) is 5.32 Å². The van der Waals surface area contributed by atoms with E-state index in [9.17, 15) is 0 Å². The summed E-state index contributed by atoms with van der Waals surface area (Å²) in [6.07, 6.45) is 7.43. The monoisotopic (exact) mass is 227 g/mol. The number of rotatable bonds is 9. The SMILES string of the molecule is CCCCCCNC(N)=NCCCC(C)C. The average Bonchev–Trinajstić information content (AvgIpc) is 2.24. The number of nitrogens with zero attached hydrogens (tertiary/aromatic N) is 1. The largest absolute Gasteiger partial charge is 0.370 e. The minimum Gasteiger partial charge on any atom is -0.370 e. The fourth-order valence-corrected chi connectivity index (χ4v) is 1.52. The number of guanidine groups is 1. The van der Waals surface area contributed by atoms with Crippen molar-refractivity contribution < 1.29 is 0 Å². The average molecular weight is 227 g/mol. The quantitative estimate of drug-likeness (QED) is 0.361. The molecule has 0 saturated heterocycles. The van der Waals surface area contributed by atoms with Gasteiger partial charge in [0, 0.05) is 13.1 Å². The van der Waals surface area contributed by atoms with E-state index in [0.717, 1.165) is 25.4 Å². The summed E-state index contributed by atoms with van der Waals surface area (Å²) in [5.74, 6) is 1.37. The topological polar surface area (TPSA) is 50.4 Å². The van der Waals surface area contributed by atoms with Crippen molar-refractivity contribution in [2.45, 2.75) is 59.3 Å². The van der Waals surface area contributed by atoms with Gasteiger partial charge >= 0.3 is 0 Å². The molecule has 0 aromatic heterocycles. The number of hydrogen-bond donors (Lipinski definition) is 2. The van der Waals surface area contributed by atoms with Gasteiger partial charge < -0.3 is 11.1 Å². The van der Waals surface area contributed by atoms with Gasteiger partial charge in [0.25, 0.3) is 0 Å². The maximum absolute atomic E-state index is 5.74. The van der Waals surface area contributed by atoms with Crippen molar-refractivity contribution in [3.8, 4) is 0 Å². The van der Waals surface area contributed by atoms with Gasteiger partial charge in [0.1, 0.15) is 0 Å². The van der Waals surface area contributed by atoms with Crippen molar-refractivity contribution in [3.05, 3.63) is 0 Å². The van der Waals surface area contributed by atoms with Crippen LogP contribution in [0.5, 0.6) is 0 Å². The molecule has 0 atom stereocenters. The standard InChI is InChI=1S/C13H29N3/c1-4-5-6-7-10-15-13(14)16-11-8-9-12(2)3/h12H,4-11H2,1-3H3,(H3,14,15,16). The zero-order valence-electron chi connectivity index (χ0n) is 11.3. The highest BCUT2D eigenvalue weighted by molar-refractivity contribution is 5.77. The molecule has 3 N–H and O–H groups in total. The molecule has 0 amide bonds. The summed E-state index contributed by atoms with van der Waals surface area (Å²) in [5.41, 5.74) is 5.74. The molecule has 0 aliphatic heterocycles. The van der Waals surface area contributed by atoms with Crippen LogP contribution in [0.3, 0.4) is 0 Å². The third-order valence-electron chi connectivity index (χ3n) is 2.56. The Morgan fingerprint density at radius 2 is 1.94 bits per heavy atom. The van der Waals surface area contributed by atoms with Gasteiger partial charge in [-0.25, -0.2) is 0 Å². The number of hydrogen-bond acceptors (Lipinski definition) is 1. The molecular formula is C13H29N3. The van der Waals surface area contributed by atoms with E-state index in [1.54, 1.807) is 0 Å². The van der Waals surface area contributed by atoms with Crippen LogP contribution in [0.4, 0.5) is 0 Å². The Bertz CT molecular complexity index is 176. The highest BCUT2D eigenvalue weighted by Crippen LogP contribution is 2.02. The molecule has 3 heteroatoms. The molecule has 0 spiro atoms. The van der Waals surface area contributed by atoms with Crippen LogP contribution in [0, 0.1) is 5.92 Å². The minimum absolute atomic E-state index is 0.611. The van der Waals surface area contributed by atoms with Gasteiger partial charge in [-0.1, -0.05) is 40.0 Å². The Labute approximate surface area is 101 Å². The maximum atomic E-state index is 5.74. The lowest BCUT2D eigenvalue weighted by atomic mass is 10.1. The number of aliphatic imine (C=N–C) groups is 1. The molecule has 0 aromatic rings. The van der Waals surface area contributed by atoms with Gasteiger partial charge in [-0.2, -0.15) is 0 Å². The molecule has 0 fully saturated rings. The molecule has 96 valence electrons. The molecule has 0 bridgehead atoms. The molecule has 0 saturated carbocycles. The Morgan fingerprint density at radius 1 is 1.19 bits per heavy atom. The lowest BCUT2D eigenvalue weighted by molar-refractivity contribution is 0.561. The molecule has 0 unspecified atom stereocenters. The van der Waals surface area contributed by atoms with E-state index in [1.807, 2.05) is 0 Å². The normalized spacial score (nSPS) is 12.1. The summed E-state index contributed by atoms with van der Waals surface area (Å²) >= 11 is 0. The summed E-state index contributed by atoms with van der Waals surface area (Å²) in [6, 6.07) is 0. The molecule has 0 aliphatic rings. The van der Waals surface area contributed by atoms with Crippen molar-refractivity contribution in [2.75, 3.05) is 13.1 Å². The van der Waals surface area contributed by atoms with Crippen LogP contribution in [-0.2, 0) is 0 Å². The Balaban J connectivity index is 3.34. The third kappa shape index (κ3) is 11.3. The molecule has 3 nitrogen and oxygen atoms in total. The summed E-state index contributed by atoms with van der Waals surface area (Å²) < 4.78 is 0. The summed E-state index contributed by atoms with van der Waals surface area (Å²) in [7, 11) is 0. The number of nitrogens with two attached hydrogens (primary N) is 1. The van der Waals surface area contributed by atoms with E-state index < -0.39 is 0 Å². The van der Waals surface area contributed by atoms with Crippen molar-refractivity contribution in [1.29, 1.82) is 0 Å². The summed E-state index contributed by atoms with van der Waals surface area (Å²) in [4.78, 5) is 4.30. The molecule has 0 radical (unpaired) electrons. The predicted molar refractivity (Wildman–Crippen MR) is 72.7 cm³/mol. The summed E-state index contributed by atoms with van der Waals surface area (Å²) in [6.45, 7) is 8.50. The molecule has 0 heterocycles. The molecule has 0 aliphatic carbocycles. The van der Waals surface area contributed by atoms with E-state index in [1.165, 1.54) is 32.1 Å². The first kappa shape index (κ1) is 15.3. The minimum atomic E-state index is 0.611. The van der Waals surface area contributed by atoms with E-state index in [0.29, 0.717) is 5.96 Å². The third-order valence-corrected chi connectivity index (χ3v) is 2.56. The van der Waals surface area contributed by atoms with Gasteiger partial charge in [0.2, 0.25) is 0 Å². The second-order valence-electron chi connectivity index (χ2n) is 4.79. The Morgan fingerprint density at radius 3 is 2.56 bits per heavy atom. The second kappa shape index (κ2) is 10.8. The fourth-order valence-electron chi connectivity index (χ4n) is 1.52. The highest BCUT2D eigenvalue weighted by Gasteiger charge is 1.94. The molecule has 0 rings (SSSR count). The molecule has 0 aromatic carbocycles. The van der Waals surface area contributed by atoms with E-state index in [4.69, 9.17) is 5.73 Å². The molecule has 16 heavy (non-hydrogen) atoms. The van der Waals surface area contributed by atoms with E-state index >= 15 is 0 Å². The van der Waals surface area contributed by atoms with Crippen LogP contribution in [0.15, 0.2) is 4.99 Å². The lowest BCUT2D eigenvalue weighted by Crippen LogP contribution is -2.32. The zero-order valence-corrected chi connectivity index (χ0v) is 11.3. The van der Waals surface area contributed by atoms with Crippen LogP contribution >= 0.6 is 0 Å². The van der Waals surface area contributed by atoms with Crippen molar-refractivity contribution in [2.24, 2.45) is 16.6 Å². The van der Waals surface area contributed by atoms with Gasteiger partial charge in [0.15, 0.2) is 5.96 Å². The number of nitrogens with one attached hydrogen (secondary N) is 1. The van der Waals surface area contributed by atoms with E-state index in [-0.39, 0.29) is 0 Å². The van der Waals surface area contributed by atoms with Gasteiger partial charge in [-0.05, 0) is 25.2 Å². The summed E-state index contributed by atoms with van der Waals surface area (Å²) in [5, 5.41) is 3.16. The van der Waals surface area contributed by atoms with Gasteiger partial charge in [-0.15, -0.1) is 0 Å². The number of unbranched alkanes of at least 4 members (excludes halogenated alkanes) is 3. The Kier molecular flexibility index (Phi) is 10.3. The predicted octanol–water partition coefficient (Wildman–Crippen LogP) is 2.91. The smallest absolute Gasteiger partial charge is 0.188 e. The van der Waals surface area contributed by atoms with Crippen molar-refractivity contribution in [3.63, 3.8) is 0 Å². The van der Waals surface area contributed by atoms with Crippen molar-refractivity contribution >= 4 is 5.96 Å².